The van der Waals surface area contributed by atoms with Gasteiger partial charge in [0.15, 0.2) is 5.43 Å². The lowest BCUT2D eigenvalue weighted by Gasteiger charge is -2.33. The average Bonchev–Trinajstić information content (AvgIpc) is 2.75. The Bertz CT molecular complexity index is 1400. The van der Waals surface area contributed by atoms with Gasteiger partial charge in [0, 0.05) is 33.7 Å². The van der Waals surface area contributed by atoms with Gasteiger partial charge < -0.3 is 0 Å². The maximum absolute atomic E-state index is 14.2. The number of benzene rings is 3. The minimum atomic E-state index is -0.687. The fourth-order valence-electron chi connectivity index (χ4n) is 3.99. The minimum Gasteiger partial charge on any atom is -0.289 e. The Hall–Kier alpha value is -3.09. The molecule has 154 valence electrons. The van der Waals surface area contributed by atoms with Crippen LogP contribution in [0.15, 0.2) is 71.5 Å². The maximum atomic E-state index is 14.2. The molecular weight excluding hydrogens is 440 g/mol. The molecule has 0 bridgehead atoms. The van der Waals surface area contributed by atoms with E-state index in [4.69, 9.17) is 11.6 Å². The summed E-state index contributed by atoms with van der Waals surface area (Å²) in [4.78, 5) is 28.3. The molecular formula is C24H14ClF2NO2S. The van der Waals surface area contributed by atoms with Gasteiger partial charge in [0.1, 0.15) is 16.6 Å². The quantitative estimate of drug-likeness (QED) is 0.352. The predicted octanol–water partition coefficient (Wildman–Crippen LogP) is 6.39. The maximum Gasteiger partial charge on any atom is 0.233 e. The van der Waals surface area contributed by atoms with Crippen molar-refractivity contribution in [3.05, 3.63) is 105 Å². The molecule has 0 spiro atoms. The van der Waals surface area contributed by atoms with Crippen molar-refractivity contribution in [2.75, 3.05) is 4.90 Å². The first-order valence-electron chi connectivity index (χ1n) is 9.53. The molecule has 1 aliphatic rings. The number of carbonyl (C=O) groups is 1. The molecule has 5 rings (SSSR count). The smallest absolute Gasteiger partial charge is 0.233 e. The minimum absolute atomic E-state index is 0.00507. The van der Waals surface area contributed by atoms with Crippen molar-refractivity contribution in [1.82, 2.24) is 0 Å². The van der Waals surface area contributed by atoms with Crippen molar-refractivity contribution >= 4 is 49.6 Å². The third-order valence-corrected chi connectivity index (χ3v) is 6.84. The monoisotopic (exact) mass is 453 g/mol. The van der Waals surface area contributed by atoms with E-state index in [9.17, 15) is 18.4 Å². The lowest BCUT2D eigenvalue weighted by Crippen LogP contribution is -2.35. The Morgan fingerprint density at radius 2 is 1.74 bits per heavy atom. The molecule has 7 heteroatoms. The van der Waals surface area contributed by atoms with Crippen molar-refractivity contribution in [1.29, 1.82) is 0 Å². The normalized spacial score (nSPS) is 15.9. The number of para-hydroxylation sites is 1. The van der Waals surface area contributed by atoms with Crippen LogP contribution in [0, 0.1) is 11.6 Å². The number of rotatable bonds is 2. The number of anilines is 2. The fourth-order valence-corrected chi connectivity index (χ4v) is 5.51. The highest BCUT2D eigenvalue weighted by atomic mass is 35.5. The molecule has 0 radical (unpaired) electrons. The number of hydrogen-bond acceptors (Lipinski definition) is 3. The van der Waals surface area contributed by atoms with E-state index in [2.05, 4.69) is 0 Å². The Balaban J connectivity index is 1.85. The van der Waals surface area contributed by atoms with Crippen molar-refractivity contribution in [2.24, 2.45) is 0 Å². The van der Waals surface area contributed by atoms with Crippen LogP contribution in [0.1, 0.15) is 23.5 Å². The van der Waals surface area contributed by atoms with Crippen LogP contribution in [-0.4, -0.2) is 5.91 Å². The summed E-state index contributed by atoms with van der Waals surface area (Å²) in [6.45, 7) is 0. The summed E-state index contributed by atoms with van der Waals surface area (Å²) in [6, 6.07) is 17.4. The zero-order chi connectivity index (χ0) is 21.7. The Morgan fingerprint density at radius 3 is 2.48 bits per heavy atom. The van der Waals surface area contributed by atoms with Crippen molar-refractivity contribution in [3.63, 3.8) is 0 Å². The SMILES string of the molecule is O=C1CC(c2cccc(F)c2)c2c(sc3cc(Cl)c(F)cc3c2=O)N1c1ccccc1. The molecule has 1 unspecified atom stereocenters. The van der Waals surface area contributed by atoms with E-state index in [0.717, 1.165) is 6.07 Å². The third kappa shape index (κ3) is 3.32. The number of nitrogens with zero attached hydrogens (tertiary/aromatic N) is 1. The van der Waals surface area contributed by atoms with Crippen LogP contribution >= 0.6 is 22.9 Å². The van der Waals surface area contributed by atoms with Crippen LogP contribution in [-0.2, 0) is 4.79 Å². The van der Waals surface area contributed by atoms with E-state index in [1.54, 1.807) is 36.4 Å². The third-order valence-electron chi connectivity index (χ3n) is 5.39. The Morgan fingerprint density at radius 1 is 0.968 bits per heavy atom. The summed E-state index contributed by atoms with van der Waals surface area (Å²) in [5.41, 5.74) is 1.12. The van der Waals surface area contributed by atoms with Gasteiger partial charge in [0.25, 0.3) is 0 Å². The number of amides is 1. The highest BCUT2D eigenvalue weighted by Crippen LogP contribution is 2.46. The highest BCUT2D eigenvalue weighted by Gasteiger charge is 2.36. The number of halogens is 3. The lowest BCUT2D eigenvalue weighted by atomic mass is 9.85. The summed E-state index contributed by atoms with van der Waals surface area (Å²) in [7, 11) is 0. The van der Waals surface area contributed by atoms with Crippen molar-refractivity contribution in [3.8, 4) is 0 Å². The van der Waals surface area contributed by atoms with Crippen molar-refractivity contribution < 1.29 is 13.6 Å². The highest BCUT2D eigenvalue weighted by molar-refractivity contribution is 7.22. The standard InChI is InChI=1S/C24H14ClF2NO2S/c25-18-12-20-17(10-19(18)27)23(30)22-16(13-5-4-6-14(26)9-13)11-21(29)28(24(22)31-20)15-7-2-1-3-8-15/h1-10,12,16H,11H2. The van der Waals surface area contributed by atoms with E-state index >= 15 is 0 Å². The first-order chi connectivity index (χ1) is 14.9. The number of fused-ring (bicyclic) bond motifs is 2. The van der Waals surface area contributed by atoms with Gasteiger partial charge in [-0.3, -0.25) is 14.5 Å². The average molecular weight is 454 g/mol. The molecule has 1 aromatic heterocycles. The van der Waals surface area contributed by atoms with E-state index in [-0.39, 0.29) is 28.2 Å². The van der Waals surface area contributed by atoms with Crippen LogP contribution in [0.3, 0.4) is 0 Å². The van der Waals surface area contributed by atoms with Gasteiger partial charge in [-0.25, -0.2) is 8.78 Å². The van der Waals surface area contributed by atoms with Crippen LogP contribution in [0.4, 0.5) is 19.5 Å². The fraction of sp³-hybridized carbons (Fsp3) is 0.0833. The van der Waals surface area contributed by atoms with Gasteiger partial charge in [0.05, 0.1) is 5.02 Å². The molecule has 0 saturated carbocycles. The van der Waals surface area contributed by atoms with Gasteiger partial charge in [0.2, 0.25) is 5.91 Å². The molecule has 31 heavy (non-hydrogen) atoms. The second kappa shape index (κ2) is 7.55. The Labute approximate surface area is 185 Å². The second-order valence-corrected chi connectivity index (χ2v) is 8.73. The second-order valence-electron chi connectivity index (χ2n) is 7.29. The molecule has 1 amide bonds. The summed E-state index contributed by atoms with van der Waals surface area (Å²) >= 11 is 7.15. The molecule has 0 saturated heterocycles. The van der Waals surface area contributed by atoms with Crippen LogP contribution in [0.25, 0.3) is 10.1 Å². The van der Waals surface area contributed by atoms with E-state index in [1.807, 2.05) is 6.07 Å². The molecule has 1 atom stereocenters. The summed E-state index contributed by atoms with van der Waals surface area (Å²) in [6.07, 6.45) is -0.00507. The molecule has 0 aliphatic carbocycles. The largest absolute Gasteiger partial charge is 0.289 e. The summed E-state index contributed by atoms with van der Waals surface area (Å²) in [5.74, 6) is -1.99. The molecule has 1 aliphatic heterocycles. The van der Waals surface area contributed by atoms with Gasteiger partial charge in [-0.15, -0.1) is 11.3 Å². The number of hydrogen-bond donors (Lipinski definition) is 0. The van der Waals surface area contributed by atoms with E-state index in [0.29, 0.717) is 26.5 Å². The zero-order valence-corrected chi connectivity index (χ0v) is 17.5. The van der Waals surface area contributed by atoms with Gasteiger partial charge in [-0.2, -0.15) is 0 Å². The molecule has 2 heterocycles. The first-order valence-corrected chi connectivity index (χ1v) is 10.7. The Kier molecular flexibility index (Phi) is 4.84. The van der Waals surface area contributed by atoms with E-state index < -0.39 is 17.6 Å². The van der Waals surface area contributed by atoms with Crippen molar-refractivity contribution in [2.45, 2.75) is 12.3 Å². The van der Waals surface area contributed by atoms with Gasteiger partial charge in [-0.1, -0.05) is 41.9 Å². The summed E-state index contributed by atoms with van der Waals surface area (Å²) < 4.78 is 28.6. The van der Waals surface area contributed by atoms with E-state index in [1.165, 1.54) is 34.4 Å². The topological polar surface area (TPSA) is 37.4 Å². The van der Waals surface area contributed by atoms with Crippen LogP contribution < -0.4 is 10.3 Å². The molecule has 4 aromatic rings. The molecule has 3 nitrogen and oxygen atoms in total. The molecule has 0 fully saturated rings. The predicted molar refractivity (Wildman–Crippen MR) is 120 cm³/mol. The zero-order valence-electron chi connectivity index (χ0n) is 15.9. The number of carbonyl (C=O) groups excluding carboxylic acids is 1. The molecule has 3 aromatic carbocycles. The van der Waals surface area contributed by atoms with Crippen LogP contribution in [0.5, 0.6) is 0 Å². The van der Waals surface area contributed by atoms with Crippen LogP contribution in [0.2, 0.25) is 5.02 Å². The van der Waals surface area contributed by atoms with Gasteiger partial charge in [-0.05, 0) is 42.0 Å². The summed E-state index contributed by atoms with van der Waals surface area (Å²) in [5, 5.41) is 0.532. The first kappa shape index (κ1) is 19.8. The molecule has 0 N–H and O–H groups in total. The van der Waals surface area contributed by atoms with Gasteiger partial charge >= 0.3 is 0 Å². The lowest BCUT2D eigenvalue weighted by molar-refractivity contribution is -0.118.